The van der Waals surface area contributed by atoms with E-state index in [1.165, 1.54) is 46.5 Å². The lowest BCUT2D eigenvalue weighted by molar-refractivity contribution is -0.137. The Morgan fingerprint density at radius 1 is 0.923 bits per heavy atom. The number of benzene rings is 2. The highest BCUT2D eigenvalue weighted by atomic mass is 32.1. The Balaban J connectivity index is 1.99. The Morgan fingerprint density at radius 3 is 2.10 bits per heavy atom. The van der Waals surface area contributed by atoms with Crippen molar-refractivity contribution in [2.75, 3.05) is 38.6 Å². The first-order chi connectivity index (χ1) is 18.4. The summed E-state index contributed by atoms with van der Waals surface area (Å²) in [5, 5.41) is 5.04. The lowest BCUT2D eigenvalue weighted by Gasteiger charge is -2.14. The van der Waals surface area contributed by atoms with Crippen molar-refractivity contribution in [2.24, 2.45) is 0 Å². The van der Waals surface area contributed by atoms with E-state index in [-0.39, 0.29) is 56.1 Å². The third-order valence-electron chi connectivity index (χ3n) is 5.43. The number of anilines is 2. The number of hydrogen-bond donors (Lipinski definition) is 2. The van der Waals surface area contributed by atoms with Crippen molar-refractivity contribution in [3.05, 3.63) is 63.5 Å². The Kier molecular flexibility index (Phi) is 9.07. The van der Waals surface area contributed by atoms with E-state index in [2.05, 4.69) is 10.6 Å². The normalized spacial score (nSPS) is 11.0. The molecule has 0 spiro atoms. The second-order valence-electron chi connectivity index (χ2n) is 7.88. The van der Waals surface area contributed by atoms with Crippen LogP contribution in [0, 0.1) is 6.92 Å². The molecule has 0 saturated carbocycles. The van der Waals surface area contributed by atoms with Crippen LogP contribution in [-0.2, 0) is 10.9 Å². The number of nitrogens with one attached hydrogen (secondary N) is 2. The molecule has 0 fully saturated rings. The number of hydrogen-bond acceptors (Lipinski definition) is 8. The lowest BCUT2D eigenvalue weighted by Crippen LogP contribution is -2.15. The second kappa shape index (κ2) is 12.1. The van der Waals surface area contributed by atoms with Gasteiger partial charge in [-0.2, -0.15) is 13.2 Å². The number of esters is 1. The largest absolute Gasteiger partial charge is 0.493 e. The Bertz CT molecular complexity index is 1380. The number of ether oxygens (including phenoxy) is 4. The van der Waals surface area contributed by atoms with Gasteiger partial charge in [-0.05, 0) is 49.7 Å². The zero-order chi connectivity index (χ0) is 28.9. The first-order valence-corrected chi connectivity index (χ1v) is 12.2. The molecular formula is C26H25F3N2O7S. The number of rotatable bonds is 9. The maximum atomic E-state index is 13.2. The molecule has 9 nitrogen and oxygen atoms in total. The van der Waals surface area contributed by atoms with E-state index in [4.69, 9.17) is 18.9 Å². The highest BCUT2D eigenvalue weighted by molar-refractivity contribution is 7.19. The highest BCUT2D eigenvalue weighted by Crippen LogP contribution is 2.39. The molecule has 13 heteroatoms. The van der Waals surface area contributed by atoms with Crippen molar-refractivity contribution in [2.45, 2.75) is 20.0 Å². The van der Waals surface area contributed by atoms with Crippen molar-refractivity contribution in [1.82, 2.24) is 0 Å². The third kappa shape index (κ3) is 6.42. The smallest absolute Gasteiger partial charge is 0.416 e. The fraction of sp³-hybridized carbons (Fsp3) is 0.269. The molecule has 0 aliphatic rings. The summed E-state index contributed by atoms with van der Waals surface area (Å²) < 4.78 is 60.2. The molecular weight excluding hydrogens is 541 g/mol. The van der Waals surface area contributed by atoms with Crippen molar-refractivity contribution in [1.29, 1.82) is 0 Å². The van der Waals surface area contributed by atoms with E-state index in [1.807, 2.05) is 0 Å². The maximum absolute atomic E-state index is 13.2. The van der Waals surface area contributed by atoms with E-state index in [1.54, 1.807) is 6.92 Å². The van der Waals surface area contributed by atoms with Crippen LogP contribution in [0.15, 0.2) is 36.4 Å². The fourth-order valence-electron chi connectivity index (χ4n) is 3.62. The van der Waals surface area contributed by atoms with Crippen molar-refractivity contribution in [3.63, 3.8) is 0 Å². The number of thiophene rings is 1. The van der Waals surface area contributed by atoms with Gasteiger partial charge in [0.25, 0.3) is 11.8 Å². The van der Waals surface area contributed by atoms with Crippen LogP contribution in [0.25, 0.3) is 0 Å². The van der Waals surface area contributed by atoms with Crippen LogP contribution in [0.1, 0.15) is 48.4 Å². The van der Waals surface area contributed by atoms with Crippen molar-refractivity contribution < 1.29 is 46.5 Å². The van der Waals surface area contributed by atoms with Crippen LogP contribution in [0.2, 0.25) is 0 Å². The lowest BCUT2D eigenvalue weighted by atomic mass is 10.1. The quantitative estimate of drug-likeness (QED) is 0.316. The fourth-order valence-corrected chi connectivity index (χ4v) is 4.70. The average molecular weight is 567 g/mol. The van der Waals surface area contributed by atoms with Gasteiger partial charge < -0.3 is 29.6 Å². The number of carbonyl (C=O) groups excluding carboxylic acids is 3. The van der Waals surface area contributed by atoms with Gasteiger partial charge in [0.15, 0.2) is 11.5 Å². The van der Waals surface area contributed by atoms with Gasteiger partial charge in [0.2, 0.25) is 5.75 Å². The summed E-state index contributed by atoms with van der Waals surface area (Å²) in [5.74, 6) is -1.51. The Labute approximate surface area is 225 Å². The first-order valence-electron chi connectivity index (χ1n) is 11.4. The van der Waals surface area contributed by atoms with Gasteiger partial charge in [-0.25, -0.2) is 4.79 Å². The van der Waals surface area contributed by atoms with Crippen LogP contribution in [0.3, 0.4) is 0 Å². The molecule has 0 atom stereocenters. The molecule has 0 aliphatic heterocycles. The van der Waals surface area contributed by atoms with Crippen LogP contribution < -0.4 is 24.8 Å². The van der Waals surface area contributed by atoms with Crippen LogP contribution in [-0.4, -0.2) is 45.7 Å². The van der Waals surface area contributed by atoms with E-state index >= 15 is 0 Å². The molecule has 2 aromatic carbocycles. The van der Waals surface area contributed by atoms with Crippen LogP contribution in [0.5, 0.6) is 17.2 Å². The van der Waals surface area contributed by atoms with Gasteiger partial charge in [-0.3, -0.25) is 9.59 Å². The number of amides is 2. The minimum Gasteiger partial charge on any atom is -0.493 e. The summed E-state index contributed by atoms with van der Waals surface area (Å²) in [6, 6.07) is 6.94. The van der Waals surface area contributed by atoms with Gasteiger partial charge in [-0.1, -0.05) is 6.07 Å². The van der Waals surface area contributed by atoms with Crippen molar-refractivity contribution >= 4 is 39.8 Å². The number of carbonyl (C=O) groups is 3. The summed E-state index contributed by atoms with van der Waals surface area (Å²) in [7, 11) is 4.18. The van der Waals surface area contributed by atoms with E-state index in [0.717, 1.165) is 29.5 Å². The topological polar surface area (TPSA) is 112 Å². The Hall–Kier alpha value is -4.26. The van der Waals surface area contributed by atoms with Crippen molar-refractivity contribution in [3.8, 4) is 17.2 Å². The van der Waals surface area contributed by atoms with Crippen LogP contribution >= 0.6 is 11.3 Å². The summed E-state index contributed by atoms with van der Waals surface area (Å²) in [5.41, 5.74) is -0.808. The predicted molar refractivity (Wildman–Crippen MR) is 138 cm³/mol. The van der Waals surface area contributed by atoms with Gasteiger partial charge in [0.1, 0.15) is 5.00 Å². The van der Waals surface area contributed by atoms with Gasteiger partial charge in [-0.15, -0.1) is 11.3 Å². The number of halogens is 3. The van der Waals surface area contributed by atoms with Gasteiger partial charge in [0, 0.05) is 11.3 Å². The average Bonchev–Trinajstić information content (AvgIpc) is 3.22. The monoisotopic (exact) mass is 566 g/mol. The molecule has 0 unspecified atom stereocenters. The molecule has 3 rings (SSSR count). The maximum Gasteiger partial charge on any atom is 0.416 e. The zero-order valence-corrected chi connectivity index (χ0v) is 22.4. The molecule has 3 aromatic rings. The standard InChI is InChI=1S/C26H25F3N2O7S/c1-6-38-25(34)19-13(2)21(23(33)30-16-9-7-8-15(12-16)26(27,28)29)39-24(19)31-22(32)14-10-17(35-3)20(37-5)18(11-14)36-4/h7-12H,6H2,1-5H3,(H,30,33)(H,31,32). The molecule has 39 heavy (non-hydrogen) atoms. The third-order valence-corrected chi connectivity index (χ3v) is 6.64. The second-order valence-corrected chi connectivity index (χ2v) is 8.90. The molecule has 0 saturated heterocycles. The summed E-state index contributed by atoms with van der Waals surface area (Å²) >= 11 is 0.774. The van der Waals surface area contributed by atoms with Crippen LogP contribution in [0.4, 0.5) is 23.9 Å². The van der Waals surface area contributed by atoms with Gasteiger partial charge >= 0.3 is 12.1 Å². The van der Waals surface area contributed by atoms with E-state index < -0.39 is 29.5 Å². The molecule has 1 aromatic heterocycles. The van der Waals surface area contributed by atoms with E-state index in [9.17, 15) is 27.6 Å². The minimum absolute atomic E-state index is 0.00402. The molecule has 0 bridgehead atoms. The van der Waals surface area contributed by atoms with E-state index in [0.29, 0.717) is 0 Å². The molecule has 0 aliphatic carbocycles. The molecule has 1 heterocycles. The highest BCUT2D eigenvalue weighted by Gasteiger charge is 2.31. The SMILES string of the molecule is CCOC(=O)c1c(NC(=O)c2cc(OC)c(OC)c(OC)c2)sc(C(=O)Nc2cccc(C(F)(F)F)c2)c1C. The number of methoxy groups -OCH3 is 3. The summed E-state index contributed by atoms with van der Waals surface area (Å²) in [6.45, 7) is 3.09. The predicted octanol–water partition coefficient (Wildman–Crippen LogP) is 5.78. The molecule has 208 valence electrons. The summed E-state index contributed by atoms with van der Waals surface area (Å²) in [6.07, 6.45) is -4.60. The summed E-state index contributed by atoms with van der Waals surface area (Å²) in [4.78, 5) is 39.0. The minimum atomic E-state index is -4.60. The number of alkyl halides is 3. The first kappa shape index (κ1) is 29.3. The zero-order valence-electron chi connectivity index (χ0n) is 21.6. The molecule has 2 N–H and O–H groups in total. The molecule has 0 radical (unpaired) electrons. The Morgan fingerprint density at radius 2 is 1.56 bits per heavy atom. The van der Waals surface area contributed by atoms with Gasteiger partial charge in [0.05, 0.1) is 43.9 Å². The molecule has 2 amide bonds.